The van der Waals surface area contributed by atoms with Crippen LogP contribution in [-0.2, 0) is 16.1 Å². The largest absolute Gasteiger partial charge is 0.444 e. The van der Waals surface area contributed by atoms with Crippen LogP contribution in [0.25, 0.3) is 0 Å². The van der Waals surface area contributed by atoms with Crippen molar-refractivity contribution in [2.75, 3.05) is 13.1 Å². The zero-order chi connectivity index (χ0) is 15.1. The number of hydrogen-bond acceptors (Lipinski definition) is 3. The molecular formula is C17H22NO3+. The molecule has 0 aliphatic carbocycles. The average molecular weight is 288 g/mol. The summed E-state index contributed by atoms with van der Waals surface area (Å²) >= 11 is 0. The van der Waals surface area contributed by atoms with Gasteiger partial charge in [-0.2, -0.15) is 0 Å². The predicted molar refractivity (Wildman–Crippen MR) is 80.5 cm³/mol. The number of carbonyl (C=O) groups is 2. The Bertz CT molecular complexity index is 472. The van der Waals surface area contributed by atoms with E-state index < -0.39 is 6.09 Å². The number of benzene rings is 1. The number of Topliss-reactive ketones (excluding diaryl/α,β-unsaturated/α-hetero) is 1. The lowest BCUT2D eigenvalue weighted by atomic mass is 9.93. The Balaban J connectivity index is 1.89. The van der Waals surface area contributed by atoms with Gasteiger partial charge in [0.05, 0.1) is 19.4 Å². The van der Waals surface area contributed by atoms with E-state index in [0.717, 1.165) is 24.8 Å². The highest BCUT2D eigenvalue weighted by Gasteiger charge is 2.28. The summed E-state index contributed by atoms with van der Waals surface area (Å²) in [5.41, 5.74) is 0.944. The van der Waals surface area contributed by atoms with Crippen LogP contribution in [0.15, 0.2) is 30.3 Å². The summed E-state index contributed by atoms with van der Waals surface area (Å²) in [6.07, 6.45) is 4.23. The molecule has 112 valence electrons. The monoisotopic (exact) mass is 288 g/mol. The second-order valence-electron chi connectivity index (χ2n) is 5.36. The van der Waals surface area contributed by atoms with Crippen LogP contribution in [0.4, 0.5) is 4.79 Å². The Morgan fingerprint density at radius 2 is 2.14 bits per heavy atom. The molecule has 1 heterocycles. The van der Waals surface area contributed by atoms with Crippen LogP contribution in [0.3, 0.4) is 0 Å². The molecule has 1 aliphatic rings. The third-order valence-electron chi connectivity index (χ3n) is 3.83. The van der Waals surface area contributed by atoms with E-state index in [4.69, 9.17) is 4.74 Å². The number of likely N-dealkylation sites (tertiary alicyclic amines) is 1. The van der Waals surface area contributed by atoms with Gasteiger partial charge < -0.3 is 4.74 Å². The van der Waals surface area contributed by atoms with Gasteiger partial charge in [-0.3, -0.25) is 9.69 Å². The number of rotatable bonds is 3. The minimum absolute atomic E-state index is 0.0611. The van der Waals surface area contributed by atoms with Crippen molar-refractivity contribution in [1.29, 1.82) is 0 Å². The molecule has 0 saturated carbocycles. The highest BCUT2D eigenvalue weighted by molar-refractivity contribution is 5.86. The molecule has 0 N–H and O–H groups in total. The molecule has 4 heteroatoms. The van der Waals surface area contributed by atoms with Gasteiger partial charge in [0.25, 0.3) is 0 Å². The van der Waals surface area contributed by atoms with E-state index in [1.807, 2.05) is 37.3 Å². The summed E-state index contributed by atoms with van der Waals surface area (Å²) < 4.78 is 5.30. The highest BCUT2D eigenvalue weighted by atomic mass is 16.6. The van der Waals surface area contributed by atoms with E-state index in [0.29, 0.717) is 6.54 Å². The van der Waals surface area contributed by atoms with Crippen molar-refractivity contribution in [3.8, 4) is 0 Å². The second-order valence-corrected chi connectivity index (χ2v) is 5.36. The standard InChI is InChI=1S/C17H22NO3/c1-2-15-10-6-7-11-18(12-16(15)19)17(20)21-13-14-8-4-3-5-9-14/h3-5,7-9,15H,2,6,10-13H2,1H3/q+1. The van der Waals surface area contributed by atoms with Gasteiger partial charge in [-0.1, -0.05) is 37.3 Å². The number of hydrogen-bond donors (Lipinski definition) is 0. The number of carbonyl (C=O) groups excluding carboxylic acids is 2. The van der Waals surface area contributed by atoms with E-state index in [-0.39, 0.29) is 24.9 Å². The quantitative estimate of drug-likeness (QED) is 0.802. The fourth-order valence-electron chi connectivity index (χ4n) is 2.49. The van der Waals surface area contributed by atoms with E-state index >= 15 is 0 Å². The third kappa shape index (κ3) is 4.52. The normalized spacial score (nSPS) is 19.4. The van der Waals surface area contributed by atoms with Crippen molar-refractivity contribution >= 4 is 11.9 Å². The molecule has 1 aromatic rings. The van der Waals surface area contributed by atoms with Gasteiger partial charge in [0.15, 0.2) is 12.3 Å². The first kappa shape index (κ1) is 15.4. The third-order valence-corrected chi connectivity index (χ3v) is 3.83. The SMILES string of the molecule is CCC1CC[CH+]CN(C(=O)OCc2ccccc2)CC1=O. The lowest BCUT2D eigenvalue weighted by Gasteiger charge is -2.23. The lowest BCUT2D eigenvalue weighted by Crippen LogP contribution is -2.40. The van der Waals surface area contributed by atoms with E-state index in [2.05, 4.69) is 6.42 Å². The first-order chi connectivity index (χ1) is 10.2. The molecule has 4 nitrogen and oxygen atoms in total. The lowest BCUT2D eigenvalue weighted by molar-refractivity contribution is -0.124. The van der Waals surface area contributed by atoms with Gasteiger partial charge in [0.2, 0.25) is 0 Å². The van der Waals surface area contributed by atoms with Crippen LogP contribution in [0, 0.1) is 12.3 Å². The predicted octanol–water partition coefficient (Wildman–Crippen LogP) is 3.22. The van der Waals surface area contributed by atoms with Crippen molar-refractivity contribution in [1.82, 2.24) is 4.90 Å². The van der Waals surface area contributed by atoms with Crippen molar-refractivity contribution in [2.24, 2.45) is 5.92 Å². The van der Waals surface area contributed by atoms with Crippen LogP contribution in [0.5, 0.6) is 0 Å². The molecule has 1 unspecified atom stereocenters. The van der Waals surface area contributed by atoms with Gasteiger partial charge in [0.1, 0.15) is 6.61 Å². The van der Waals surface area contributed by atoms with Gasteiger partial charge in [0, 0.05) is 5.92 Å². The summed E-state index contributed by atoms with van der Waals surface area (Å²) in [6.45, 7) is 2.89. The van der Waals surface area contributed by atoms with Crippen LogP contribution < -0.4 is 0 Å². The highest BCUT2D eigenvalue weighted by Crippen LogP contribution is 2.18. The maximum absolute atomic E-state index is 12.1. The molecule has 0 bridgehead atoms. The van der Waals surface area contributed by atoms with E-state index in [1.165, 1.54) is 4.90 Å². The second kappa shape index (κ2) is 7.72. The summed E-state index contributed by atoms with van der Waals surface area (Å²) in [7, 11) is 0. The number of nitrogens with zero attached hydrogens (tertiary/aromatic N) is 1. The smallest absolute Gasteiger partial charge is 0.413 e. The Morgan fingerprint density at radius 3 is 2.86 bits per heavy atom. The summed E-state index contributed by atoms with van der Waals surface area (Å²) in [5.74, 6) is 0.202. The molecule has 0 aromatic heterocycles. The zero-order valence-corrected chi connectivity index (χ0v) is 12.5. The van der Waals surface area contributed by atoms with Crippen molar-refractivity contribution in [3.63, 3.8) is 0 Å². The van der Waals surface area contributed by atoms with Gasteiger partial charge in [-0.15, -0.1) is 0 Å². The Kier molecular flexibility index (Phi) is 5.67. The fraction of sp³-hybridized carbons (Fsp3) is 0.471. The van der Waals surface area contributed by atoms with Crippen LogP contribution >= 0.6 is 0 Å². The molecule has 21 heavy (non-hydrogen) atoms. The van der Waals surface area contributed by atoms with Gasteiger partial charge in [-0.05, 0) is 18.4 Å². The molecule has 0 spiro atoms. The molecule has 1 atom stereocenters. The van der Waals surface area contributed by atoms with Crippen LogP contribution in [-0.4, -0.2) is 29.9 Å². The molecular weight excluding hydrogens is 266 g/mol. The molecule has 1 aromatic carbocycles. The minimum atomic E-state index is -0.416. The first-order valence-corrected chi connectivity index (χ1v) is 7.50. The average Bonchev–Trinajstić information content (AvgIpc) is 2.50. The minimum Gasteiger partial charge on any atom is -0.444 e. The molecule has 1 aliphatic heterocycles. The van der Waals surface area contributed by atoms with Crippen molar-refractivity contribution < 1.29 is 14.3 Å². The first-order valence-electron chi connectivity index (χ1n) is 7.50. The Morgan fingerprint density at radius 1 is 1.38 bits per heavy atom. The van der Waals surface area contributed by atoms with Gasteiger partial charge >= 0.3 is 6.09 Å². The van der Waals surface area contributed by atoms with E-state index in [9.17, 15) is 9.59 Å². The Hall–Kier alpha value is -1.97. The Labute approximate surface area is 126 Å². The molecule has 1 saturated heterocycles. The topological polar surface area (TPSA) is 46.6 Å². The van der Waals surface area contributed by atoms with E-state index in [1.54, 1.807) is 0 Å². The maximum atomic E-state index is 12.1. The summed E-state index contributed by atoms with van der Waals surface area (Å²) in [6, 6.07) is 9.54. The zero-order valence-electron chi connectivity index (χ0n) is 12.5. The number of ether oxygens (including phenoxy) is 1. The van der Waals surface area contributed by atoms with Crippen LogP contribution in [0.1, 0.15) is 31.7 Å². The summed E-state index contributed by atoms with van der Waals surface area (Å²) in [4.78, 5) is 25.7. The maximum Gasteiger partial charge on any atom is 0.413 e. The molecule has 0 radical (unpaired) electrons. The van der Waals surface area contributed by atoms with Crippen molar-refractivity contribution in [2.45, 2.75) is 32.8 Å². The summed E-state index contributed by atoms with van der Waals surface area (Å²) in [5, 5.41) is 0. The number of amides is 1. The fourth-order valence-corrected chi connectivity index (χ4v) is 2.49. The molecule has 1 amide bonds. The molecule has 2 rings (SSSR count). The van der Waals surface area contributed by atoms with Crippen molar-refractivity contribution in [3.05, 3.63) is 42.3 Å². The molecule has 1 fully saturated rings. The van der Waals surface area contributed by atoms with Gasteiger partial charge in [-0.25, -0.2) is 4.79 Å². The van der Waals surface area contributed by atoms with Crippen LogP contribution in [0.2, 0.25) is 0 Å². The number of ketones is 1.